The number of unbranched alkanes of at least 4 members (excludes halogenated alkanes) is 2. The van der Waals surface area contributed by atoms with Crippen molar-refractivity contribution in [2.75, 3.05) is 13.2 Å². The van der Waals surface area contributed by atoms with Crippen LogP contribution in [0.15, 0.2) is 30.3 Å². The Kier molecular flexibility index (Phi) is 7.40. The topological polar surface area (TPSA) is 52.6 Å². The van der Waals surface area contributed by atoms with Gasteiger partial charge in [0.05, 0.1) is 12.5 Å². The summed E-state index contributed by atoms with van der Waals surface area (Å²) in [5.41, 5.74) is 0.869. The van der Waals surface area contributed by atoms with Gasteiger partial charge in [-0.2, -0.15) is 0 Å². The fraction of sp³-hybridized carbons (Fsp3) is 0.500. The molecule has 0 heterocycles. The molecule has 4 nitrogen and oxygen atoms in total. The van der Waals surface area contributed by atoms with Gasteiger partial charge in [0.25, 0.3) is 0 Å². The van der Waals surface area contributed by atoms with E-state index in [0.717, 1.165) is 24.8 Å². The van der Waals surface area contributed by atoms with Crippen LogP contribution in [0.1, 0.15) is 44.6 Å². The second-order valence-corrected chi connectivity index (χ2v) is 4.67. The summed E-state index contributed by atoms with van der Waals surface area (Å²) in [6.07, 6.45) is 2.94. The average Bonchev–Trinajstić information content (AvgIpc) is 2.49. The van der Waals surface area contributed by atoms with Gasteiger partial charge in [0.1, 0.15) is 0 Å². The Morgan fingerprint density at radius 1 is 1.10 bits per heavy atom. The Bertz CT molecular complexity index is 414. The number of carbonyl (C=O) groups excluding carboxylic acids is 2. The third-order valence-corrected chi connectivity index (χ3v) is 3.00. The molecule has 0 N–H and O–H groups in total. The molecule has 110 valence electrons. The largest absolute Gasteiger partial charge is 0.463 e. The molecule has 1 aromatic carbocycles. The van der Waals surface area contributed by atoms with E-state index in [0.29, 0.717) is 6.61 Å². The summed E-state index contributed by atoms with van der Waals surface area (Å²) in [6, 6.07) is 9.32. The third kappa shape index (κ3) is 5.87. The van der Waals surface area contributed by atoms with E-state index in [1.165, 1.54) is 0 Å². The Morgan fingerprint density at radius 2 is 1.80 bits per heavy atom. The first-order valence-corrected chi connectivity index (χ1v) is 7.02. The molecule has 1 unspecified atom stereocenters. The van der Waals surface area contributed by atoms with E-state index in [1.54, 1.807) is 6.92 Å². The number of hydrogen-bond acceptors (Lipinski definition) is 4. The number of esters is 2. The molecule has 4 heteroatoms. The van der Waals surface area contributed by atoms with Crippen molar-refractivity contribution in [2.24, 2.45) is 0 Å². The highest BCUT2D eigenvalue weighted by atomic mass is 16.6. The van der Waals surface area contributed by atoms with E-state index in [9.17, 15) is 9.59 Å². The molecule has 1 rings (SSSR count). The molecule has 0 amide bonds. The van der Waals surface area contributed by atoms with Gasteiger partial charge in [0, 0.05) is 0 Å². The standard InChI is InChI=1S/C16H22O4/c1-3-4-8-11-19-15(17)12-20-16(18)13(2)14-9-6-5-7-10-14/h5-7,9-10,13H,3-4,8,11-12H2,1-2H3. The summed E-state index contributed by atoms with van der Waals surface area (Å²) in [4.78, 5) is 23.2. The highest BCUT2D eigenvalue weighted by molar-refractivity contribution is 5.80. The zero-order valence-corrected chi connectivity index (χ0v) is 12.1. The minimum Gasteiger partial charge on any atom is -0.463 e. The first kappa shape index (κ1) is 16.2. The summed E-state index contributed by atoms with van der Waals surface area (Å²) >= 11 is 0. The Hall–Kier alpha value is -1.84. The lowest BCUT2D eigenvalue weighted by molar-refractivity contribution is -0.159. The van der Waals surface area contributed by atoms with Gasteiger partial charge < -0.3 is 9.47 Å². The normalized spacial score (nSPS) is 11.7. The number of benzene rings is 1. The van der Waals surface area contributed by atoms with Crippen LogP contribution in [0, 0.1) is 0 Å². The molecule has 1 atom stereocenters. The van der Waals surface area contributed by atoms with Gasteiger partial charge >= 0.3 is 11.9 Å². The molecular weight excluding hydrogens is 256 g/mol. The highest BCUT2D eigenvalue weighted by Gasteiger charge is 2.17. The lowest BCUT2D eigenvalue weighted by Gasteiger charge is -2.11. The summed E-state index contributed by atoms with van der Waals surface area (Å²) in [5, 5.41) is 0. The van der Waals surface area contributed by atoms with Crippen molar-refractivity contribution in [1.29, 1.82) is 0 Å². The SMILES string of the molecule is CCCCCOC(=O)COC(=O)C(C)c1ccccc1. The van der Waals surface area contributed by atoms with Gasteiger partial charge in [-0.25, -0.2) is 4.79 Å². The van der Waals surface area contributed by atoms with E-state index >= 15 is 0 Å². The highest BCUT2D eigenvalue weighted by Crippen LogP contribution is 2.15. The maximum atomic E-state index is 11.8. The minimum absolute atomic E-state index is 0.317. The van der Waals surface area contributed by atoms with Crippen LogP contribution in [0.5, 0.6) is 0 Å². The molecule has 0 aliphatic heterocycles. The zero-order valence-electron chi connectivity index (χ0n) is 12.1. The molecule has 0 radical (unpaired) electrons. The van der Waals surface area contributed by atoms with Crippen LogP contribution in [-0.2, 0) is 19.1 Å². The number of ether oxygens (including phenoxy) is 2. The molecule has 0 aromatic heterocycles. The van der Waals surface area contributed by atoms with Gasteiger partial charge in [-0.15, -0.1) is 0 Å². The zero-order chi connectivity index (χ0) is 14.8. The fourth-order valence-electron chi connectivity index (χ4n) is 1.71. The Morgan fingerprint density at radius 3 is 2.45 bits per heavy atom. The fourth-order valence-corrected chi connectivity index (χ4v) is 1.71. The van der Waals surface area contributed by atoms with Gasteiger partial charge in [-0.3, -0.25) is 4.79 Å². The van der Waals surface area contributed by atoms with E-state index in [2.05, 4.69) is 6.92 Å². The second-order valence-electron chi connectivity index (χ2n) is 4.67. The molecule has 0 aliphatic carbocycles. The van der Waals surface area contributed by atoms with Crippen molar-refractivity contribution >= 4 is 11.9 Å². The smallest absolute Gasteiger partial charge is 0.344 e. The van der Waals surface area contributed by atoms with Gasteiger partial charge in [0.2, 0.25) is 0 Å². The van der Waals surface area contributed by atoms with Crippen molar-refractivity contribution in [3.8, 4) is 0 Å². The summed E-state index contributed by atoms with van der Waals surface area (Å²) < 4.78 is 9.93. The quantitative estimate of drug-likeness (QED) is 0.541. The molecule has 0 saturated carbocycles. The van der Waals surface area contributed by atoms with Crippen molar-refractivity contribution in [3.05, 3.63) is 35.9 Å². The van der Waals surface area contributed by atoms with E-state index in [-0.39, 0.29) is 12.5 Å². The van der Waals surface area contributed by atoms with Crippen LogP contribution in [0.3, 0.4) is 0 Å². The van der Waals surface area contributed by atoms with Crippen molar-refractivity contribution < 1.29 is 19.1 Å². The van der Waals surface area contributed by atoms with Crippen LogP contribution in [0.2, 0.25) is 0 Å². The first-order valence-electron chi connectivity index (χ1n) is 7.02. The molecule has 0 saturated heterocycles. The van der Waals surface area contributed by atoms with Crippen molar-refractivity contribution in [1.82, 2.24) is 0 Å². The third-order valence-electron chi connectivity index (χ3n) is 3.00. The predicted octanol–water partition coefficient (Wildman–Crippen LogP) is 3.07. The molecule has 0 fully saturated rings. The first-order chi connectivity index (χ1) is 9.65. The number of carbonyl (C=O) groups is 2. The van der Waals surface area contributed by atoms with Crippen LogP contribution in [0.4, 0.5) is 0 Å². The molecule has 1 aromatic rings. The Balaban J connectivity index is 2.27. The molecular formula is C16H22O4. The average molecular weight is 278 g/mol. The maximum Gasteiger partial charge on any atom is 0.344 e. The van der Waals surface area contributed by atoms with Gasteiger partial charge in [0.15, 0.2) is 6.61 Å². The minimum atomic E-state index is -0.491. The summed E-state index contributed by atoms with van der Waals surface area (Å²) in [5.74, 6) is -1.29. The number of rotatable bonds is 8. The van der Waals surface area contributed by atoms with Crippen LogP contribution in [0.25, 0.3) is 0 Å². The molecule has 20 heavy (non-hydrogen) atoms. The van der Waals surface area contributed by atoms with E-state index in [4.69, 9.17) is 9.47 Å². The van der Waals surface area contributed by atoms with Crippen LogP contribution in [-0.4, -0.2) is 25.2 Å². The predicted molar refractivity (Wildman–Crippen MR) is 76.3 cm³/mol. The lowest BCUT2D eigenvalue weighted by Crippen LogP contribution is -2.20. The second kappa shape index (κ2) is 9.13. The lowest BCUT2D eigenvalue weighted by atomic mass is 10.0. The number of hydrogen-bond donors (Lipinski definition) is 0. The molecule has 0 bridgehead atoms. The van der Waals surface area contributed by atoms with E-state index in [1.807, 2.05) is 30.3 Å². The van der Waals surface area contributed by atoms with E-state index < -0.39 is 11.9 Å². The monoisotopic (exact) mass is 278 g/mol. The summed E-state index contributed by atoms with van der Waals surface area (Å²) in [7, 11) is 0. The van der Waals surface area contributed by atoms with Gasteiger partial charge in [-0.05, 0) is 18.9 Å². The summed E-state index contributed by atoms with van der Waals surface area (Å²) in [6.45, 7) is 3.90. The van der Waals surface area contributed by atoms with Crippen LogP contribution < -0.4 is 0 Å². The molecule has 0 aliphatic rings. The Labute approximate surface area is 120 Å². The maximum absolute atomic E-state index is 11.8. The molecule has 0 spiro atoms. The van der Waals surface area contributed by atoms with Gasteiger partial charge in [-0.1, -0.05) is 50.1 Å². The van der Waals surface area contributed by atoms with Crippen molar-refractivity contribution in [3.63, 3.8) is 0 Å². The van der Waals surface area contributed by atoms with Crippen molar-refractivity contribution in [2.45, 2.75) is 39.0 Å². The van der Waals surface area contributed by atoms with Crippen LogP contribution >= 0.6 is 0 Å².